The second kappa shape index (κ2) is 6.76. The van der Waals surface area contributed by atoms with E-state index in [1.165, 1.54) is 0 Å². The molecule has 0 N–H and O–H groups in total. The fraction of sp³-hybridized carbons (Fsp3) is 0.0370. The number of ketones is 2. The molecule has 1 aliphatic heterocycles. The van der Waals surface area contributed by atoms with Crippen LogP contribution in [0.4, 0.5) is 0 Å². The number of hydrogen-bond donors (Lipinski definition) is 0. The van der Waals surface area contributed by atoms with Crippen LogP contribution in [0.3, 0.4) is 0 Å². The molecule has 0 spiro atoms. The highest BCUT2D eigenvalue weighted by Crippen LogP contribution is 2.49. The number of benzene rings is 4. The van der Waals surface area contributed by atoms with Crippen LogP contribution in [-0.2, 0) is 0 Å². The molecule has 148 valence electrons. The standard InChI is InChI=1S/C27H15BrO3/c28-17-12-9-16(10-13-17)22-23-18-6-2-1-5-15(18)11-14-21(23)31-27-24(22)25(29)19-7-3-4-8-20(19)26(27)30/h1-14,22H. The van der Waals surface area contributed by atoms with Gasteiger partial charge in [-0.05, 0) is 34.5 Å². The maximum atomic E-state index is 13.7. The molecule has 0 saturated carbocycles. The SMILES string of the molecule is O=C1C2=C(C(=O)c3ccccc31)C(c1ccc(Br)cc1)c1c(ccc3ccccc13)O2. The number of rotatable bonds is 1. The Labute approximate surface area is 187 Å². The molecule has 0 aromatic heterocycles. The van der Waals surface area contributed by atoms with E-state index in [4.69, 9.17) is 4.74 Å². The van der Waals surface area contributed by atoms with Crippen LogP contribution in [-0.4, -0.2) is 11.6 Å². The monoisotopic (exact) mass is 466 g/mol. The number of Topliss-reactive ketones (excluding diaryl/α,β-unsaturated/α-hetero) is 2. The van der Waals surface area contributed by atoms with E-state index in [9.17, 15) is 9.59 Å². The number of allylic oxidation sites excluding steroid dienone is 2. The van der Waals surface area contributed by atoms with Crippen LogP contribution in [0.15, 0.2) is 101 Å². The molecule has 0 radical (unpaired) electrons. The van der Waals surface area contributed by atoms with Gasteiger partial charge in [0.25, 0.3) is 0 Å². The van der Waals surface area contributed by atoms with Gasteiger partial charge in [-0.3, -0.25) is 9.59 Å². The number of hydrogen-bond acceptors (Lipinski definition) is 3. The molecule has 4 aromatic carbocycles. The Bertz CT molecular complexity index is 1450. The molecule has 4 aromatic rings. The summed E-state index contributed by atoms with van der Waals surface area (Å²) in [6.45, 7) is 0. The van der Waals surface area contributed by atoms with Gasteiger partial charge >= 0.3 is 0 Å². The first kappa shape index (κ1) is 18.3. The second-order valence-corrected chi connectivity index (χ2v) is 8.65. The molecule has 6 rings (SSSR count). The van der Waals surface area contributed by atoms with Crippen molar-refractivity contribution in [1.82, 2.24) is 0 Å². The molecule has 1 unspecified atom stereocenters. The highest BCUT2D eigenvalue weighted by Gasteiger charge is 2.43. The van der Waals surface area contributed by atoms with Crippen molar-refractivity contribution in [3.05, 3.63) is 123 Å². The molecule has 1 aliphatic carbocycles. The zero-order valence-corrected chi connectivity index (χ0v) is 17.8. The van der Waals surface area contributed by atoms with Gasteiger partial charge in [0.1, 0.15) is 5.75 Å². The minimum absolute atomic E-state index is 0.138. The number of halogens is 1. The lowest BCUT2D eigenvalue weighted by atomic mass is 9.74. The van der Waals surface area contributed by atoms with Gasteiger partial charge in [-0.1, -0.05) is 82.7 Å². The summed E-state index contributed by atoms with van der Waals surface area (Å²) in [5.74, 6) is -0.0455. The van der Waals surface area contributed by atoms with Crippen LogP contribution in [0.1, 0.15) is 37.8 Å². The van der Waals surface area contributed by atoms with Gasteiger partial charge in [-0.25, -0.2) is 0 Å². The van der Waals surface area contributed by atoms with Gasteiger partial charge in [-0.2, -0.15) is 0 Å². The van der Waals surface area contributed by atoms with Crippen molar-refractivity contribution >= 4 is 38.3 Å². The Morgan fingerprint density at radius 2 is 1.39 bits per heavy atom. The van der Waals surface area contributed by atoms with E-state index in [0.29, 0.717) is 22.4 Å². The van der Waals surface area contributed by atoms with E-state index >= 15 is 0 Å². The van der Waals surface area contributed by atoms with Crippen LogP contribution in [0.5, 0.6) is 5.75 Å². The summed E-state index contributed by atoms with van der Waals surface area (Å²) in [6, 6.07) is 26.8. The van der Waals surface area contributed by atoms with Crippen molar-refractivity contribution in [2.75, 3.05) is 0 Å². The third-order valence-corrected chi connectivity index (χ3v) is 6.56. The summed E-state index contributed by atoms with van der Waals surface area (Å²) in [4.78, 5) is 27.1. The first-order valence-electron chi connectivity index (χ1n) is 10.0. The third kappa shape index (κ3) is 2.65. The quantitative estimate of drug-likeness (QED) is 0.323. The van der Waals surface area contributed by atoms with Crippen LogP contribution < -0.4 is 4.74 Å². The average Bonchev–Trinajstić information content (AvgIpc) is 2.81. The maximum Gasteiger partial charge on any atom is 0.229 e. The van der Waals surface area contributed by atoms with Crippen molar-refractivity contribution in [1.29, 1.82) is 0 Å². The molecule has 0 fully saturated rings. The van der Waals surface area contributed by atoms with E-state index in [0.717, 1.165) is 26.4 Å². The summed E-state index contributed by atoms with van der Waals surface area (Å²) in [7, 11) is 0. The Morgan fingerprint density at radius 3 is 2.16 bits per heavy atom. The summed E-state index contributed by atoms with van der Waals surface area (Å²) in [5.41, 5.74) is 3.09. The van der Waals surface area contributed by atoms with Gasteiger partial charge in [0.05, 0.1) is 5.57 Å². The van der Waals surface area contributed by atoms with Gasteiger partial charge in [-0.15, -0.1) is 0 Å². The molecule has 4 heteroatoms. The number of carbonyl (C=O) groups is 2. The largest absolute Gasteiger partial charge is 0.452 e. The molecule has 1 atom stereocenters. The van der Waals surface area contributed by atoms with E-state index in [1.807, 2.05) is 60.7 Å². The van der Waals surface area contributed by atoms with Gasteiger partial charge in [0.2, 0.25) is 5.78 Å². The van der Waals surface area contributed by atoms with Crippen LogP contribution in [0.25, 0.3) is 10.8 Å². The van der Waals surface area contributed by atoms with Crippen molar-refractivity contribution in [2.24, 2.45) is 0 Å². The third-order valence-electron chi connectivity index (χ3n) is 6.04. The smallest absolute Gasteiger partial charge is 0.229 e. The Hall–Kier alpha value is -3.50. The highest BCUT2D eigenvalue weighted by atomic mass is 79.9. The molecule has 3 nitrogen and oxygen atoms in total. The molecule has 31 heavy (non-hydrogen) atoms. The Kier molecular flexibility index (Phi) is 3.99. The van der Waals surface area contributed by atoms with Crippen LogP contribution in [0, 0.1) is 0 Å². The topological polar surface area (TPSA) is 43.4 Å². The van der Waals surface area contributed by atoms with Crippen LogP contribution in [0.2, 0.25) is 0 Å². The van der Waals surface area contributed by atoms with Gasteiger partial charge < -0.3 is 4.74 Å². The molecular formula is C27H15BrO3. The zero-order chi connectivity index (χ0) is 21.1. The predicted molar refractivity (Wildman–Crippen MR) is 123 cm³/mol. The zero-order valence-electron chi connectivity index (χ0n) is 16.3. The highest BCUT2D eigenvalue weighted by molar-refractivity contribution is 9.10. The fourth-order valence-electron chi connectivity index (χ4n) is 4.64. The van der Waals surface area contributed by atoms with E-state index < -0.39 is 5.92 Å². The summed E-state index contributed by atoms with van der Waals surface area (Å²) in [5, 5.41) is 2.07. The summed E-state index contributed by atoms with van der Waals surface area (Å²) < 4.78 is 7.11. The second-order valence-electron chi connectivity index (χ2n) is 7.73. The maximum absolute atomic E-state index is 13.7. The number of ether oxygens (including phenoxy) is 1. The molecule has 2 aliphatic rings. The first-order chi connectivity index (χ1) is 15.1. The lowest BCUT2D eigenvalue weighted by molar-refractivity contribution is 0.0927. The average molecular weight is 467 g/mol. The van der Waals surface area contributed by atoms with E-state index in [2.05, 4.69) is 15.9 Å². The lowest BCUT2D eigenvalue weighted by Crippen LogP contribution is -2.31. The normalized spacial score (nSPS) is 17.1. The van der Waals surface area contributed by atoms with Crippen molar-refractivity contribution in [2.45, 2.75) is 5.92 Å². The molecule has 0 saturated heterocycles. The van der Waals surface area contributed by atoms with Crippen LogP contribution >= 0.6 is 15.9 Å². The molecule has 0 bridgehead atoms. The minimum atomic E-state index is -0.400. The first-order valence-corrected chi connectivity index (χ1v) is 10.8. The molecule has 1 heterocycles. The molecular weight excluding hydrogens is 452 g/mol. The molecule has 0 amide bonds. The minimum Gasteiger partial charge on any atom is -0.452 e. The summed E-state index contributed by atoms with van der Waals surface area (Å²) in [6.07, 6.45) is 0. The van der Waals surface area contributed by atoms with E-state index in [1.54, 1.807) is 24.3 Å². The van der Waals surface area contributed by atoms with Gasteiger partial charge in [0, 0.05) is 27.1 Å². The van der Waals surface area contributed by atoms with Crippen molar-refractivity contribution in [3.8, 4) is 5.75 Å². The lowest BCUT2D eigenvalue weighted by Gasteiger charge is -2.33. The Morgan fingerprint density at radius 1 is 0.710 bits per heavy atom. The number of carbonyl (C=O) groups excluding carboxylic acids is 2. The van der Waals surface area contributed by atoms with Crippen molar-refractivity contribution in [3.63, 3.8) is 0 Å². The summed E-state index contributed by atoms with van der Waals surface area (Å²) >= 11 is 3.49. The number of fused-ring (bicyclic) bond motifs is 4. The predicted octanol–water partition coefficient (Wildman–Crippen LogP) is 6.46. The van der Waals surface area contributed by atoms with E-state index in [-0.39, 0.29) is 17.3 Å². The fourth-order valence-corrected chi connectivity index (χ4v) is 4.91. The van der Waals surface area contributed by atoms with Crippen molar-refractivity contribution < 1.29 is 14.3 Å². The Balaban J connectivity index is 1.69. The van der Waals surface area contributed by atoms with Gasteiger partial charge in [0.15, 0.2) is 11.5 Å².